The maximum Gasteiger partial charge on any atom is 0.258 e. The first-order chi connectivity index (χ1) is 12.6. The zero-order valence-corrected chi connectivity index (χ0v) is 14.6. The number of halogens is 2. The molecule has 0 unspecified atom stereocenters. The Kier molecular flexibility index (Phi) is 4.28. The van der Waals surface area contributed by atoms with Crippen molar-refractivity contribution < 1.29 is 9.21 Å². The smallest absolute Gasteiger partial charge is 0.258 e. The Morgan fingerprint density at radius 2 is 1.85 bits per heavy atom. The molecule has 3 heterocycles. The summed E-state index contributed by atoms with van der Waals surface area (Å²) in [5, 5.41) is 3.22. The minimum absolute atomic E-state index is 0.113. The zero-order valence-electron chi connectivity index (χ0n) is 13.1. The number of pyridine rings is 2. The van der Waals surface area contributed by atoms with Gasteiger partial charge in [-0.3, -0.25) is 4.79 Å². The van der Waals surface area contributed by atoms with Crippen LogP contribution in [0.15, 0.2) is 59.3 Å². The molecular weight excluding hydrogens is 375 g/mol. The van der Waals surface area contributed by atoms with Crippen LogP contribution < -0.4 is 5.32 Å². The van der Waals surface area contributed by atoms with Crippen LogP contribution in [-0.4, -0.2) is 20.9 Å². The van der Waals surface area contributed by atoms with Gasteiger partial charge in [-0.15, -0.1) is 0 Å². The van der Waals surface area contributed by atoms with Crippen molar-refractivity contribution >= 4 is 46.0 Å². The lowest BCUT2D eigenvalue weighted by Gasteiger charge is -2.09. The summed E-state index contributed by atoms with van der Waals surface area (Å²) >= 11 is 12.2. The van der Waals surface area contributed by atoms with Gasteiger partial charge in [0.1, 0.15) is 5.15 Å². The molecule has 0 saturated carbocycles. The van der Waals surface area contributed by atoms with E-state index in [4.69, 9.17) is 27.6 Å². The van der Waals surface area contributed by atoms with Crippen molar-refractivity contribution in [3.8, 4) is 11.5 Å². The van der Waals surface area contributed by atoms with E-state index in [1.54, 1.807) is 48.7 Å². The van der Waals surface area contributed by atoms with Crippen molar-refractivity contribution in [3.05, 3.63) is 70.6 Å². The number of rotatable bonds is 3. The molecule has 0 fully saturated rings. The normalized spacial score (nSPS) is 10.8. The number of carbonyl (C=O) groups is 1. The van der Waals surface area contributed by atoms with E-state index in [-0.39, 0.29) is 10.7 Å². The number of hydrogen-bond acceptors (Lipinski definition) is 5. The fourth-order valence-corrected chi connectivity index (χ4v) is 2.76. The maximum atomic E-state index is 12.4. The maximum absolute atomic E-state index is 12.4. The highest BCUT2D eigenvalue weighted by Gasteiger charge is 2.15. The Morgan fingerprint density at radius 3 is 2.65 bits per heavy atom. The third-order valence-electron chi connectivity index (χ3n) is 3.63. The second-order valence-corrected chi connectivity index (χ2v) is 6.10. The molecule has 4 aromatic rings. The molecule has 0 aliphatic carbocycles. The van der Waals surface area contributed by atoms with E-state index in [2.05, 4.69) is 20.3 Å². The SMILES string of the molecule is O=C(Nc1cc(-c2nc3ncccc3o2)ccc1Cl)c1cccnc1Cl. The Bertz CT molecular complexity index is 1090. The van der Waals surface area contributed by atoms with Gasteiger partial charge >= 0.3 is 0 Å². The highest BCUT2D eigenvalue weighted by Crippen LogP contribution is 2.30. The van der Waals surface area contributed by atoms with Gasteiger partial charge in [0.2, 0.25) is 5.89 Å². The van der Waals surface area contributed by atoms with Gasteiger partial charge in [0.25, 0.3) is 5.91 Å². The lowest BCUT2D eigenvalue weighted by atomic mass is 10.2. The van der Waals surface area contributed by atoms with Crippen LogP contribution in [0.4, 0.5) is 5.69 Å². The van der Waals surface area contributed by atoms with Gasteiger partial charge in [-0.25, -0.2) is 9.97 Å². The van der Waals surface area contributed by atoms with Crippen LogP contribution in [0.5, 0.6) is 0 Å². The Labute approximate surface area is 157 Å². The summed E-state index contributed by atoms with van der Waals surface area (Å²) in [6.45, 7) is 0. The van der Waals surface area contributed by atoms with Gasteiger partial charge in [0.15, 0.2) is 11.2 Å². The number of aromatic nitrogens is 3. The number of amides is 1. The van der Waals surface area contributed by atoms with Crippen LogP contribution in [-0.2, 0) is 0 Å². The van der Waals surface area contributed by atoms with E-state index in [0.29, 0.717) is 33.4 Å². The Balaban J connectivity index is 1.68. The highest BCUT2D eigenvalue weighted by molar-refractivity contribution is 6.35. The van der Waals surface area contributed by atoms with Crippen molar-refractivity contribution in [2.75, 3.05) is 5.32 Å². The molecule has 0 saturated heterocycles. The van der Waals surface area contributed by atoms with E-state index < -0.39 is 5.91 Å². The van der Waals surface area contributed by atoms with Gasteiger partial charge in [0, 0.05) is 18.0 Å². The summed E-state index contributed by atoms with van der Waals surface area (Å²) < 4.78 is 5.70. The average molecular weight is 385 g/mol. The second-order valence-electron chi connectivity index (χ2n) is 5.33. The topological polar surface area (TPSA) is 80.9 Å². The number of hydrogen-bond donors (Lipinski definition) is 1. The number of benzene rings is 1. The molecule has 0 radical (unpaired) electrons. The first-order valence-corrected chi connectivity index (χ1v) is 8.31. The summed E-state index contributed by atoms with van der Waals surface area (Å²) in [5.41, 5.74) is 2.39. The van der Waals surface area contributed by atoms with E-state index >= 15 is 0 Å². The quantitative estimate of drug-likeness (QED) is 0.510. The summed E-state index contributed by atoms with van der Waals surface area (Å²) in [6.07, 6.45) is 3.15. The first kappa shape index (κ1) is 16.5. The first-order valence-electron chi connectivity index (χ1n) is 7.55. The third-order valence-corrected chi connectivity index (χ3v) is 4.26. The van der Waals surface area contributed by atoms with Crippen LogP contribution in [0.2, 0.25) is 10.2 Å². The molecule has 1 N–H and O–H groups in total. The van der Waals surface area contributed by atoms with E-state index in [9.17, 15) is 4.79 Å². The summed E-state index contributed by atoms with van der Waals surface area (Å²) in [4.78, 5) is 24.8. The van der Waals surface area contributed by atoms with Gasteiger partial charge < -0.3 is 9.73 Å². The van der Waals surface area contributed by atoms with Crippen LogP contribution in [0, 0.1) is 0 Å². The highest BCUT2D eigenvalue weighted by atomic mass is 35.5. The molecule has 128 valence electrons. The van der Waals surface area contributed by atoms with Crippen molar-refractivity contribution in [2.24, 2.45) is 0 Å². The molecule has 0 atom stereocenters. The Hall–Kier alpha value is -2.96. The predicted octanol–water partition coefficient (Wildman–Crippen LogP) is 4.84. The second kappa shape index (κ2) is 6.74. The zero-order chi connectivity index (χ0) is 18.1. The van der Waals surface area contributed by atoms with Crippen LogP contribution in [0.1, 0.15) is 10.4 Å². The van der Waals surface area contributed by atoms with Crippen molar-refractivity contribution in [3.63, 3.8) is 0 Å². The molecule has 6 nitrogen and oxygen atoms in total. The fourth-order valence-electron chi connectivity index (χ4n) is 2.39. The molecule has 8 heteroatoms. The fraction of sp³-hybridized carbons (Fsp3) is 0. The molecule has 26 heavy (non-hydrogen) atoms. The monoisotopic (exact) mass is 384 g/mol. The third kappa shape index (κ3) is 3.12. The molecule has 0 bridgehead atoms. The number of anilines is 1. The van der Waals surface area contributed by atoms with E-state index in [0.717, 1.165) is 0 Å². The number of carbonyl (C=O) groups excluding carboxylic acids is 1. The van der Waals surface area contributed by atoms with Gasteiger partial charge in [-0.05, 0) is 42.5 Å². The van der Waals surface area contributed by atoms with E-state index in [1.807, 2.05) is 0 Å². The largest absolute Gasteiger partial charge is 0.434 e. The standard InChI is InChI=1S/C18H10Cl2N4O2/c19-12-6-5-10(18-24-16-14(26-18)4-2-8-22-16)9-13(12)23-17(25)11-3-1-7-21-15(11)20/h1-9H,(H,23,25). The average Bonchev–Trinajstić information content (AvgIpc) is 3.08. The van der Waals surface area contributed by atoms with Crippen molar-refractivity contribution in [1.29, 1.82) is 0 Å². The van der Waals surface area contributed by atoms with Crippen LogP contribution in [0.25, 0.3) is 22.7 Å². The van der Waals surface area contributed by atoms with Gasteiger partial charge in [-0.2, -0.15) is 4.98 Å². The predicted molar refractivity (Wildman–Crippen MR) is 99.5 cm³/mol. The number of nitrogens with one attached hydrogen (secondary N) is 1. The van der Waals surface area contributed by atoms with Crippen molar-refractivity contribution in [2.45, 2.75) is 0 Å². The molecule has 0 aliphatic rings. The Morgan fingerprint density at radius 1 is 1.04 bits per heavy atom. The summed E-state index contributed by atoms with van der Waals surface area (Å²) in [6, 6.07) is 11.8. The van der Waals surface area contributed by atoms with Gasteiger partial charge in [0.05, 0.1) is 16.3 Å². The lowest BCUT2D eigenvalue weighted by Crippen LogP contribution is -2.13. The summed E-state index contributed by atoms with van der Waals surface area (Å²) in [5.74, 6) is -0.0355. The van der Waals surface area contributed by atoms with Gasteiger partial charge in [-0.1, -0.05) is 23.2 Å². The minimum atomic E-state index is -0.415. The molecule has 1 amide bonds. The molecule has 4 rings (SSSR count). The molecule has 0 aliphatic heterocycles. The van der Waals surface area contributed by atoms with Crippen LogP contribution in [0.3, 0.4) is 0 Å². The molecule has 1 aromatic carbocycles. The number of nitrogens with zero attached hydrogens (tertiary/aromatic N) is 3. The molecule has 0 spiro atoms. The van der Waals surface area contributed by atoms with Crippen molar-refractivity contribution in [1.82, 2.24) is 15.0 Å². The van der Waals surface area contributed by atoms with Crippen LogP contribution >= 0.6 is 23.2 Å². The molecular formula is C18H10Cl2N4O2. The minimum Gasteiger partial charge on any atom is -0.434 e. The lowest BCUT2D eigenvalue weighted by molar-refractivity contribution is 0.102. The molecule has 3 aromatic heterocycles. The van der Waals surface area contributed by atoms with E-state index in [1.165, 1.54) is 6.20 Å². The summed E-state index contributed by atoms with van der Waals surface area (Å²) in [7, 11) is 0. The number of fused-ring (bicyclic) bond motifs is 1. The number of oxazole rings is 1.